The lowest BCUT2D eigenvalue weighted by molar-refractivity contribution is 0.0263. The van der Waals surface area contributed by atoms with Crippen molar-refractivity contribution in [3.8, 4) is 0 Å². The van der Waals surface area contributed by atoms with Crippen molar-refractivity contribution in [2.75, 3.05) is 32.8 Å². The van der Waals surface area contributed by atoms with Gasteiger partial charge in [0.15, 0.2) is 5.96 Å². The number of hydrogen-bond donors (Lipinski definition) is 1. The van der Waals surface area contributed by atoms with E-state index in [1.54, 1.807) is 0 Å². The summed E-state index contributed by atoms with van der Waals surface area (Å²) < 4.78 is 5.81. The number of rotatable bonds is 7. The third-order valence-electron chi connectivity index (χ3n) is 6.31. The first-order valence-corrected chi connectivity index (χ1v) is 11.7. The van der Waals surface area contributed by atoms with Gasteiger partial charge in [-0.25, -0.2) is 4.99 Å². The number of nitrogens with zero attached hydrogens (tertiary/aromatic N) is 3. The smallest absolute Gasteiger partial charge is 0.194 e. The van der Waals surface area contributed by atoms with E-state index >= 15 is 0 Å². The molecule has 30 heavy (non-hydrogen) atoms. The second-order valence-electron chi connectivity index (χ2n) is 8.40. The minimum atomic E-state index is 0. The van der Waals surface area contributed by atoms with Crippen molar-refractivity contribution in [2.24, 2.45) is 4.99 Å². The van der Waals surface area contributed by atoms with E-state index in [-0.39, 0.29) is 24.0 Å². The van der Waals surface area contributed by atoms with Crippen LogP contribution in [0.5, 0.6) is 0 Å². The summed E-state index contributed by atoms with van der Waals surface area (Å²) in [6.45, 7) is 13.4. The number of ether oxygens (including phenoxy) is 1. The van der Waals surface area contributed by atoms with Crippen LogP contribution in [0, 0.1) is 0 Å². The maximum absolute atomic E-state index is 5.81. The summed E-state index contributed by atoms with van der Waals surface area (Å²) in [4.78, 5) is 10.1. The topological polar surface area (TPSA) is 40.1 Å². The molecule has 2 aliphatic rings. The van der Waals surface area contributed by atoms with Gasteiger partial charge in [-0.2, -0.15) is 0 Å². The second kappa shape index (κ2) is 13.5. The molecule has 0 saturated carbocycles. The monoisotopic (exact) mass is 528 g/mol. The Morgan fingerprint density at radius 1 is 1.07 bits per heavy atom. The van der Waals surface area contributed by atoms with E-state index in [1.165, 1.54) is 36.9 Å². The van der Waals surface area contributed by atoms with Crippen LogP contribution in [0.25, 0.3) is 0 Å². The summed E-state index contributed by atoms with van der Waals surface area (Å²) in [7, 11) is 0. The molecule has 2 heterocycles. The fraction of sp³-hybridized carbons (Fsp3) is 0.708. The molecule has 0 spiro atoms. The summed E-state index contributed by atoms with van der Waals surface area (Å²) in [6, 6.07) is 9.53. The minimum Gasteiger partial charge on any atom is -0.378 e. The molecule has 6 heteroatoms. The normalized spacial score (nSPS) is 21.4. The number of nitrogens with one attached hydrogen (secondary N) is 1. The highest BCUT2D eigenvalue weighted by Gasteiger charge is 2.22. The molecule has 0 amide bonds. The lowest BCUT2D eigenvalue weighted by atomic mass is 10.0. The van der Waals surface area contributed by atoms with Gasteiger partial charge in [-0.3, -0.25) is 4.90 Å². The lowest BCUT2D eigenvalue weighted by Gasteiger charge is -2.34. The van der Waals surface area contributed by atoms with Gasteiger partial charge in [0.1, 0.15) is 0 Å². The Labute approximate surface area is 200 Å². The van der Waals surface area contributed by atoms with Crippen molar-refractivity contribution >= 4 is 29.9 Å². The zero-order chi connectivity index (χ0) is 20.5. The zero-order valence-electron chi connectivity index (χ0n) is 19.1. The average Bonchev–Trinajstić information content (AvgIpc) is 2.74. The Kier molecular flexibility index (Phi) is 11.5. The standard InChI is InChI=1S/C24H40N4O.HI/c1-4-25-24(27-16-13-23(14-17-27)29-5-2)26-18-21-11-6-7-12-22(21)19-28-15-9-8-10-20(28)3;/h6-7,11-12,20,23H,4-5,8-10,13-19H2,1-3H3,(H,25,26);1H. The average molecular weight is 529 g/mol. The zero-order valence-corrected chi connectivity index (χ0v) is 21.4. The van der Waals surface area contributed by atoms with Crippen molar-refractivity contribution in [3.63, 3.8) is 0 Å². The van der Waals surface area contributed by atoms with Gasteiger partial charge in [-0.05, 0) is 64.1 Å². The molecular weight excluding hydrogens is 487 g/mol. The van der Waals surface area contributed by atoms with E-state index in [0.717, 1.165) is 58.1 Å². The Hall–Kier alpha value is -0.860. The highest BCUT2D eigenvalue weighted by Crippen LogP contribution is 2.21. The van der Waals surface area contributed by atoms with Gasteiger partial charge in [0, 0.05) is 38.8 Å². The van der Waals surface area contributed by atoms with Crippen LogP contribution in [0.1, 0.15) is 64.0 Å². The van der Waals surface area contributed by atoms with Gasteiger partial charge in [0.25, 0.3) is 0 Å². The maximum atomic E-state index is 5.81. The minimum absolute atomic E-state index is 0. The fourth-order valence-electron chi connectivity index (χ4n) is 4.53. The van der Waals surface area contributed by atoms with Crippen LogP contribution in [-0.4, -0.2) is 60.7 Å². The maximum Gasteiger partial charge on any atom is 0.194 e. The number of halogens is 1. The van der Waals surface area contributed by atoms with Crippen LogP contribution in [0.3, 0.4) is 0 Å². The molecule has 1 unspecified atom stereocenters. The number of likely N-dealkylation sites (tertiary alicyclic amines) is 2. The molecule has 2 fully saturated rings. The summed E-state index contributed by atoms with van der Waals surface area (Å²) in [5.41, 5.74) is 2.78. The molecule has 0 aliphatic carbocycles. The van der Waals surface area contributed by atoms with Crippen molar-refractivity contribution < 1.29 is 4.74 Å². The van der Waals surface area contributed by atoms with Gasteiger partial charge in [-0.1, -0.05) is 30.7 Å². The third-order valence-corrected chi connectivity index (χ3v) is 6.31. The van der Waals surface area contributed by atoms with Gasteiger partial charge in [-0.15, -0.1) is 24.0 Å². The van der Waals surface area contributed by atoms with E-state index in [2.05, 4.69) is 60.2 Å². The Balaban J connectivity index is 0.00000320. The van der Waals surface area contributed by atoms with Crippen LogP contribution >= 0.6 is 24.0 Å². The first-order chi connectivity index (χ1) is 14.2. The van der Waals surface area contributed by atoms with Crippen LogP contribution < -0.4 is 5.32 Å². The molecule has 1 aromatic rings. The quantitative estimate of drug-likeness (QED) is 0.318. The molecular formula is C24H41IN4O. The van der Waals surface area contributed by atoms with Gasteiger partial charge in [0.2, 0.25) is 0 Å². The van der Waals surface area contributed by atoms with E-state index in [1.807, 2.05) is 0 Å². The summed E-state index contributed by atoms with van der Waals surface area (Å²) >= 11 is 0. The Bertz CT molecular complexity index is 646. The molecule has 1 aromatic carbocycles. The molecule has 2 saturated heterocycles. The van der Waals surface area contributed by atoms with E-state index in [4.69, 9.17) is 9.73 Å². The SMILES string of the molecule is CCNC(=NCc1ccccc1CN1CCCCC1C)N1CCC(OCC)CC1.I. The van der Waals surface area contributed by atoms with Crippen LogP contribution in [-0.2, 0) is 17.8 Å². The summed E-state index contributed by atoms with van der Waals surface area (Å²) in [5, 5.41) is 3.50. The van der Waals surface area contributed by atoms with Gasteiger partial charge >= 0.3 is 0 Å². The Morgan fingerprint density at radius 3 is 2.47 bits per heavy atom. The van der Waals surface area contributed by atoms with Crippen molar-refractivity contribution in [3.05, 3.63) is 35.4 Å². The number of guanidine groups is 1. The lowest BCUT2D eigenvalue weighted by Crippen LogP contribution is -2.47. The van der Waals surface area contributed by atoms with Crippen molar-refractivity contribution in [1.82, 2.24) is 15.1 Å². The first-order valence-electron chi connectivity index (χ1n) is 11.7. The van der Waals surface area contributed by atoms with Crippen molar-refractivity contribution in [2.45, 2.75) is 78.1 Å². The highest BCUT2D eigenvalue weighted by molar-refractivity contribution is 14.0. The molecule has 2 aliphatic heterocycles. The molecule has 170 valence electrons. The third kappa shape index (κ3) is 7.38. The fourth-order valence-corrected chi connectivity index (χ4v) is 4.53. The van der Waals surface area contributed by atoms with Gasteiger partial charge < -0.3 is 15.0 Å². The molecule has 0 aromatic heterocycles. The second-order valence-corrected chi connectivity index (χ2v) is 8.40. The van der Waals surface area contributed by atoms with Crippen LogP contribution in [0.4, 0.5) is 0 Å². The predicted octanol–water partition coefficient (Wildman–Crippen LogP) is 4.65. The van der Waals surface area contributed by atoms with Crippen LogP contribution in [0.15, 0.2) is 29.3 Å². The molecule has 0 radical (unpaired) electrons. The molecule has 1 N–H and O–H groups in total. The molecule has 1 atom stereocenters. The largest absolute Gasteiger partial charge is 0.378 e. The van der Waals surface area contributed by atoms with Crippen molar-refractivity contribution in [1.29, 1.82) is 0 Å². The summed E-state index contributed by atoms with van der Waals surface area (Å²) in [6.07, 6.45) is 6.60. The van der Waals surface area contributed by atoms with E-state index in [9.17, 15) is 0 Å². The predicted molar refractivity (Wildman–Crippen MR) is 137 cm³/mol. The number of piperidine rings is 2. The number of benzene rings is 1. The molecule has 5 nitrogen and oxygen atoms in total. The van der Waals surface area contributed by atoms with Crippen LogP contribution in [0.2, 0.25) is 0 Å². The number of hydrogen-bond acceptors (Lipinski definition) is 3. The summed E-state index contributed by atoms with van der Waals surface area (Å²) in [5.74, 6) is 1.04. The first kappa shape index (κ1) is 25.4. The van der Waals surface area contributed by atoms with E-state index in [0.29, 0.717) is 12.1 Å². The number of aliphatic imine (C=N–C) groups is 1. The highest BCUT2D eigenvalue weighted by atomic mass is 127. The Morgan fingerprint density at radius 2 is 1.80 bits per heavy atom. The molecule has 3 rings (SSSR count). The van der Waals surface area contributed by atoms with E-state index < -0.39 is 0 Å². The van der Waals surface area contributed by atoms with Gasteiger partial charge in [0.05, 0.1) is 12.6 Å². The molecule has 0 bridgehead atoms.